The van der Waals surface area contributed by atoms with E-state index >= 15 is 0 Å². The van der Waals surface area contributed by atoms with Crippen molar-refractivity contribution in [1.29, 1.82) is 0 Å². The Morgan fingerprint density at radius 1 is 0.892 bits per heavy atom. The summed E-state index contributed by atoms with van der Waals surface area (Å²) in [6, 6.07) is 21.3. The minimum Gasteiger partial charge on any atom is -0.452 e. The van der Waals surface area contributed by atoms with Gasteiger partial charge < -0.3 is 10.1 Å². The molecule has 3 amide bonds. The van der Waals surface area contributed by atoms with Crippen LogP contribution in [0.5, 0.6) is 0 Å². The number of rotatable bonds is 6. The summed E-state index contributed by atoms with van der Waals surface area (Å²) >= 11 is 0. The molecule has 0 radical (unpaired) electrons. The van der Waals surface area contributed by atoms with E-state index in [9.17, 15) is 23.6 Å². The fourth-order valence-corrected chi connectivity index (χ4v) is 5.18. The molecule has 1 aliphatic heterocycles. The van der Waals surface area contributed by atoms with Crippen molar-refractivity contribution in [2.75, 3.05) is 16.8 Å². The number of carbonyl (C=O) groups is 4. The molecule has 0 unspecified atom stereocenters. The van der Waals surface area contributed by atoms with Crippen molar-refractivity contribution < 1.29 is 28.3 Å². The van der Waals surface area contributed by atoms with E-state index in [0.29, 0.717) is 24.2 Å². The highest BCUT2D eigenvalue weighted by Gasteiger charge is 2.50. The number of amides is 3. The Morgan fingerprint density at radius 2 is 1.62 bits per heavy atom. The predicted octanol–water partition coefficient (Wildman–Crippen LogP) is 4.69. The van der Waals surface area contributed by atoms with Gasteiger partial charge in [-0.25, -0.2) is 9.18 Å². The van der Waals surface area contributed by atoms with Crippen LogP contribution in [0.2, 0.25) is 0 Å². The molecule has 1 saturated carbocycles. The van der Waals surface area contributed by atoms with Crippen molar-refractivity contribution in [2.24, 2.45) is 11.8 Å². The summed E-state index contributed by atoms with van der Waals surface area (Å²) in [5, 5.41) is 2.51. The van der Waals surface area contributed by atoms with Crippen LogP contribution in [0.15, 0.2) is 78.9 Å². The lowest BCUT2D eigenvalue weighted by atomic mass is 9.73. The fourth-order valence-electron chi connectivity index (χ4n) is 5.18. The molecule has 3 aromatic rings. The first-order valence-electron chi connectivity index (χ1n) is 12.2. The third kappa shape index (κ3) is 5.14. The SMILES string of the molecule is O=C(COC(=O)c1cccc(N2C(=O)[C@@H]3CC[C@H](c4ccccc4)C[C@H]3C2=O)c1)Nc1ccc(F)cc1. The second kappa shape index (κ2) is 10.3. The molecule has 8 heteroatoms. The summed E-state index contributed by atoms with van der Waals surface area (Å²) in [6.45, 7) is -0.549. The highest BCUT2D eigenvalue weighted by atomic mass is 19.1. The minimum absolute atomic E-state index is 0.115. The van der Waals surface area contributed by atoms with Gasteiger partial charge in [0.05, 0.1) is 23.1 Å². The molecule has 5 rings (SSSR count). The van der Waals surface area contributed by atoms with Gasteiger partial charge in [0, 0.05) is 5.69 Å². The molecule has 7 nitrogen and oxygen atoms in total. The lowest BCUT2D eigenvalue weighted by Gasteiger charge is -2.28. The Kier molecular flexibility index (Phi) is 6.81. The average molecular weight is 501 g/mol. The van der Waals surface area contributed by atoms with Crippen LogP contribution < -0.4 is 10.2 Å². The van der Waals surface area contributed by atoms with Crippen molar-refractivity contribution in [2.45, 2.75) is 25.2 Å². The van der Waals surface area contributed by atoms with Crippen LogP contribution >= 0.6 is 0 Å². The Labute approximate surface area is 213 Å². The van der Waals surface area contributed by atoms with E-state index in [2.05, 4.69) is 17.4 Å². The highest BCUT2D eigenvalue weighted by molar-refractivity contribution is 6.22. The molecule has 0 aromatic heterocycles. The summed E-state index contributed by atoms with van der Waals surface area (Å²) < 4.78 is 18.1. The minimum atomic E-state index is -0.767. The van der Waals surface area contributed by atoms with Crippen LogP contribution in [0.4, 0.5) is 15.8 Å². The number of ether oxygens (including phenoxy) is 1. The number of anilines is 2. The fraction of sp³-hybridized carbons (Fsp3) is 0.241. The van der Waals surface area contributed by atoms with Gasteiger partial charge in [-0.3, -0.25) is 19.3 Å². The van der Waals surface area contributed by atoms with Gasteiger partial charge in [-0.05, 0) is 73.2 Å². The van der Waals surface area contributed by atoms with Crippen LogP contribution in [0.25, 0.3) is 0 Å². The van der Waals surface area contributed by atoms with Gasteiger partial charge >= 0.3 is 5.97 Å². The summed E-state index contributed by atoms with van der Waals surface area (Å²) in [6.07, 6.45) is 2.08. The zero-order chi connectivity index (χ0) is 25.9. The first-order chi connectivity index (χ1) is 17.9. The number of nitrogens with one attached hydrogen (secondary N) is 1. The molecular weight excluding hydrogens is 475 g/mol. The smallest absolute Gasteiger partial charge is 0.338 e. The molecule has 3 aromatic carbocycles. The highest BCUT2D eigenvalue weighted by Crippen LogP contribution is 2.45. The average Bonchev–Trinajstić information content (AvgIpc) is 3.18. The third-order valence-electron chi connectivity index (χ3n) is 7.00. The number of hydrogen-bond donors (Lipinski definition) is 1. The number of fused-ring (bicyclic) bond motifs is 1. The van der Waals surface area contributed by atoms with E-state index in [1.165, 1.54) is 46.9 Å². The summed E-state index contributed by atoms with van der Waals surface area (Å²) in [4.78, 5) is 52.4. The van der Waals surface area contributed by atoms with Crippen molar-refractivity contribution in [3.63, 3.8) is 0 Å². The molecule has 3 atom stereocenters. The van der Waals surface area contributed by atoms with E-state index in [1.54, 1.807) is 12.1 Å². The van der Waals surface area contributed by atoms with Crippen LogP contribution in [0.1, 0.15) is 41.1 Å². The summed E-state index contributed by atoms with van der Waals surface area (Å²) in [7, 11) is 0. The van der Waals surface area contributed by atoms with E-state index in [4.69, 9.17) is 4.74 Å². The number of halogens is 1. The van der Waals surface area contributed by atoms with Gasteiger partial charge in [-0.15, -0.1) is 0 Å². The van der Waals surface area contributed by atoms with E-state index in [-0.39, 0.29) is 29.2 Å². The van der Waals surface area contributed by atoms with Gasteiger partial charge in [0.2, 0.25) is 11.8 Å². The normalized spacial score (nSPS) is 20.9. The zero-order valence-electron chi connectivity index (χ0n) is 19.9. The molecular formula is C29H25FN2O5. The van der Waals surface area contributed by atoms with Gasteiger partial charge in [-0.2, -0.15) is 0 Å². The van der Waals surface area contributed by atoms with Gasteiger partial charge in [0.15, 0.2) is 6.61 Å². The maximum absolute atomic E-state index is 13.3. The largest absolute Gasteiger partial charge is 0.452 e. The Balaban J connectivity index is 1.24. The number of benzene rings is 3. The van der Waals surface area contributed by atoms with Crippen LogP contribution in [-0.2, 0) is 19.1 Å². The van der Waals surface area contributed by atoms with Crippen molar-refractivity contribution in [1.82, 2.24) is 0 Å². The molecule has 1 N–H and O–H groups in total. The van der Waals surface area contributed by atoms with Crippen LogP contribution in [-0.4, -0.2) is 30.3 Å². The van der Waals surface area contributed by atoms with E-state index in [1.807, 2.05) is 18.2 Å². The lowest BCUT2D eigenvalue weighted by molar-refractivity contribution is -0.122. The van der Waals surface area contributed by atoms with Gasteiger partial charge in [0.1, 0.15) is 5.82 Å². The zero-order valence-corrected chi connectivity index (χ0v) is 19.9. The first kappa shape index (κ1) is 24.4. The van der Waals surface area contributed by atoms with Crippen LogP contribution in [0, 0.1) is 17.7 Å². The molecule has 188 valence electrons. The van der Waals surface area contributed by atoms with Gasteiger partial charge in [0.25, 0.3) is 5.91 Å². The maximum atomic E-state index is 13.3. The number of esters is 1. The lowest BCUT2D eigenvalue weighted by Crippen LogP contribution is -2.31. The molecule has 1 aliphatic carbocycles. The van der Waals surface area contributed by atoms with Crippen molar-refractivity contribution in [3.8, 4) is 0 Å². The van der Waals surface area contributed by atoms with E-state index < -0.39 is 30.2 Å². The Bertz CT molecular complexity index is 1340. The number of carbonyl (C=O) groups excluding carboxylic acids is 4. The summed E-state index contributed by atoms with van der Waals surface area (Å²) in [5.41, 5.74) is 1.97. The standard InChI is InChI=1S/C29H25FN2O5/c30-21-10-12-22(13-11-21)31-26(33)17-37-29(36)20-7-4-8-23(15-20)32-27(34)24-14-9-19(16-25(24)28(32)35)18-5-2-1-3-6-18/h1-8,10-13,15,19,24-25H,9,14,16-17H2,(H,31,33)/t19-,24+,25+/m0/s1. The van der Waals surface area contributed by atoms with Crippen molar-refractivity contribution in [3.05, 3.63) is 95.8 Å². The Hall–Kier alpha value is -4.33. The van der Waals surface area contributed by atoms with Gasteiger partial charge in [-0.1, -0.05) is 36.4 Å². The molecule has 2 fully saturated rings. The predicted molar refractivity (Wildman–Crippen MR) is 134 cm³/mol. The molecule has 0 bridgehead atoms. The molecule has 37 heavy (non-hydrogen) atoms. The third-order valence-corrected chi connectivity index (χ3v) is 7.00. The molecule has 2 aliphatic rings. The molecule has 1 heterocycles. The topological polar surface area (TPSA) is 92.8 Å². The number of hydrogen-bond acceptors (Lipinski definition) is 5. The second-order valence-electron chi connectivity index (χ2n) is 9.33. The molecule has 1 saturated heterocycles. The number of imide groups is 1. The van der Waals surface area contributed by atoms with E-state index in [0.717, 1.165) is 6.42 Å². The quantitative estimate of drug-likeness (QED) is 0.391. The molecule has 0 spiro atoms. The first-order valence-corrected chi connectivity index (χ1v) is 12.2. The summed E-state index contributed by atoms with van der Waals surface area (Å²) in [5.74, 6) is -2.81. The van der Waals surface area contributed by atoms with Crippen LogP contribution in [0.3, 0.4) is 0 Å². The number of nitrogens with zero attached hydrogens (tertiary/aromatic N) is 1. The second-order valence-corrected chi connectivity index (χ2v) is 9.33. The maximum Gasteiger partial charge on any atom is 0.338 e. The van der Waals surface area contributed by atoms with Crippen molar-refractivity contribution >= 4 is 35.1 Å². The Morgan fingerprint density at radius 3 is 2.38 bits per heavy atom. The monoisotopic (exact) mass is 500 g/mol.